The van der Waals surface area contributed by atoms with Gasteiger partial charge >= 0.3 is 5.97 Å². The molecule has 0 aromatic carbocycles. The van der Waals surface area contributed by atoms with Crippen LogP contribution in [0.5, 0.6) is 0 Å². The highest BCUT2D eigenvalue weighted by atomic mass is 35.5. The van der Waals surface area contributed by atoms with E-state index in [1.54, 1.807) is 0 Å². The average molecular weight is 258 g/mol. The Kier molecular flexibility index (Phi) is 4.69. The van der Waals surface area contributed by atoms with Gasteiger partial charge in [-0.3, -0.25) is 4.79 Å². The molecule has 0 amide bonds. The SMILES string of the molecule is Cc1ccc(N2CCC(C(=O)O)CC2)nn1.Cl. The predicted octanol–water partition coefficient (Wildman–Crippen LogP) is 1.51. The number of carboxylic acids is 1. The van der Waals surface area contributed by atoms with Crippen LogP contribution in [0.4, 0.5) is 5.82 Å². The third-order valence-corrected chi connectivity index (χ3v) is 2.95. The van der Waals surface area contributed by atoms with Gasteiger partial charge in [-0.25, -0.2) is 0 Å². The summed E-state index contributed by atoms with van der Waals surface area (Å²) >= 11 is 0. The van der Waals surface area contributed by atoms with Crippen LogP contribution in [0.15, 0.2) is 12.1 Å². The van der Waals surface area contributed by atoms with Gasteiger partial charge in [-0.05, 0) is 31.9 Å². The highest BCUT2D eigenvalue weighted by Gasteiger charge is 2.24. The standard InChI is InChI=1S/C11H15N3O2.ClH/c1-8-2-3-10(13-12-8)14-6-4-9(5-7-14)11(15)16;/h2-3,9H,4-7H2,1H3,(H,15,16);1H. The van der Waals surface area contributed by atoms with Crippen LogP contribution in [0.2, 0.25) is 0 Å². The molecule has 0 aliphatic carbocycles. The minimum atomic E-state index is -0.686. The van der Waals surface area contributed by atoms with Crippen LogP contribution in [0.25, 0.3) is 0 Å². The van der Waals surface area contributed by atoms with E-state index in [1.165, 1.54) is 0 Å². The Morgan fingerprint density at radius 3 is 2.47 bits per heavy atom. The monoisotopic (exact) mass is 257 g/mol. The minimum absolute atomic E-state index is 0. The largest absolute Gasteiger partial charge is 0.481 e. The van der Waals surface area contributed by atoms with E-state index >= 15 is 0 Å². The van der Waals surface area contributed by atoms with Crippen LogP contribution in [0.3, 0.4) is 0 Å². The molecular formula is C11H16ClN3O2. The molecule has 0 bridgehead atoms. The number of anilines is 1. The molecule has 2 rings (SSSR count). The Morgan fingerprint density at radius 2 is 2.00 bits per heavy atom. The summed E-state index contributed by atoms with van der Waals surface area (Å²) in [6.45, 7) is 3.39. The molecule has 5 nitrogen and oxygen atoms in total. The Bertz CT molecular complexity index is 375. The molecule has 0 unspecified atom stereocenters. The van der Waals surface area contributed by atoms with Crippen molar-refractivity contribution in [1.29, 1.82) is 0 Å². The van der Waals surface area contributed by atoms with Crippen LogP contribution in [-0.4, -0.2) is 34.4 Å². The lowest BCUT2D eigenvalue weighted by molar-refractivity contribution is -0.142. The zero-order valence-corrected chi connectivity index (χ0v) is 10.5. The maximum Gasteiger partial charge on any atom is 0.306 e. The Hall–Kier alpha value is -1.36. The lowest BCUT2D eigenvalue weighted by Crippen LogP contribution is -2.36. The summed E-state index contributed by atoms with van der Waals surface area (Å²) in [4.78, 5) is 12.9. The van der Waals surface area contributed by atoms with Crippen molar-refractivity contribution in [3.63, 3.8) is 0 Å². The lowest BCUT2D eigenvalue weighted by atomic mass is 9.97. The van der Waals surface area contributed by atoms with Gasteiger partial charge in [0.05, 0.1) is 11.6 Å². The quantitative estimate of drug-likeness (QED) is 0.870. The Balaban J connectivity index is 0.00000144. The van der Waals surface area contributed by atoms with E-state index < -0.39 is 5.97 Å². The first-order valence-electron chi connectivity index (χ1n) is 5.45. The second-order valence-corrected chi connectivity index (χ2v) is 4.13. The van der Waals surface area contributed by atoms with Gasteiger partial charge in [0.15, 0.2) is 5.82 Å². The van der Waals surface area contributed by atoms with Gasteiger partial charge in [0.1, 0.15) is 0 Å². The predicted molar refractivity (Wildman–Crippen MR) is 66.6 cm³/mol. The third kappa shape index (κ3) is 3.30. The Morgan fingerprint density at radius 1 is 1.35 bits per heavy atom. The van der Waals surface area contributed by atoms with Crippen molar-refractivity contribution >= 4 is 24.2 Å². The number of halogens is 1. The van der Waals surface area contributed by atoms with Crippen molar-refractivity contribution in [2.45, 2.75) is 19.8 Å². The molecule has 1 N–H and O–H groups in total. The fourth-order valence-corrected chi connectivity index (χ4v) is 1.92. The van der Waals surface area contributed by atoms with E-state index in [1.807, 2.05) is 19.1 Å². The van der Waals surface area contributed by atoms with Gasteiger partial charge in [-0.2, -0.15) is 5.10 Å². The number of hydrogen-bond acceptors (Lipinski definition) is 4. The summed E-state index contributed by atoms with van der Waals surface area (Å²) in [5.41, 5.74) is 0.893. The van der Waals surface area contributed by atoms with Crippen LogP contribution in [0.1, 0.15) is 18.5 Å². The van der Waals surface area contributed by atoms with Gasteiger partial charge in [-0.1, -0.05) is 0 Å². The molecule has 0 spiro atoms. The van der Waals surface area contributed by atoms with E-state index in [-0.39, 0.29) is 18.3 Å². The lowest BCUT2D eigenvalue weighted by Gasteiger charge is -2.30. The smallest absolute Gasteiger partial charge is 0.306 e. The zero-order chi connectivity index (χ0) is 11.5. The number of carbonyl (C=O) groups is 1. The van der Waals surface area contributed by atoms with E-state index in [0.717, 1.165) is 24.6 Å². The van der Waals surface area contributed by atoms with Crippen LogP contribution >= 0.6 is 12.4 Å². The molecule has 1 aliphatic rings. The minimum Gasteiger partial charge on any atom is -0.481 e. The summed E-state index contributed by atoms with van der Waals surface area (Å²) in [5.74, 6) is -0.0428. The van der Waals surface area contributed by atoms with Crippen molar-refractivity contribution in [1.82, 2.24) is 10.2 Å². The van der Waals surface area contributed by atoms with E-state index in [2.05, 4.69) is 15.1 Å². The first-order valence-corrected chi connectivity index (χ1v) is 5.45. The summed E-state index contributed by atoms with van der Waals surface area (Å²) in [6.07, 6.45) is 1.37. The van der Waals surface area contributed by atoms with Crippen LogP contribution in [-0.2, 0) is 4.79 Å². The van der Waals surface area contributed by atoms with Gasteiger partial charge in [0.2, 0.25) is 0 Å². The molecule has 1 fully saturated rings. The maximum absolute atomic E-state index is 10.8. The van der Waals surface area contributed by atoms with Crippen LogP contribution < -0.4 is 4.90 Å². The van der Waals surface area contributed by atoms with Crippen LogP contribution in [0, 0.1) is 12.8 Å². The molecule has 0 radical (unpaired) electrons. The van der Waals surface area contributed by atoms with Gasteiger partial charge in [-0.15, -0.1) is 17.5 Å². The fraction of sp³-hybridized carbons (Fsp3) is 0.545. The Labute approximate surface area is 106 Å². The zero-order valence-electron chi connectivity index (χ0n) is 9.67. The molecule has 1 saturated heterocycles. The molecule has 6 heteroatoms. The fourth-order valence-electron chi connectivity index (χ4n) is 1.92. The molecule has 0 saturated carbocycles. The van der Waals surface area contributed by atoms with E-state index in [0.29, 0.717) is 12.8 Å². The number of aromatic nitrogens is 2. The normalized spacial score (nSPS) is 16.4. The van der Waals surface area contributed by atoms with Crippen molar-refractivity contribution in [3.8, 4) is 0 Å². The van der Waals surface area contributed by atoms with Crippen molar-refractivity contribution in [2.75, 3.05) is 18.0 Å². The number of aryl methyl sites for hydroxylation is 1. The third-order valence-electron chi connectivity index (χ3n) is 2.95. The highest BCUT2D eigenvalue weighted by Crippen LogP contribution is 2.21. The van der Waals surface area contributed by atoms with Gasteiger partial charge in [0.25, 0.3) is 0 Å². The number of piperidine rings is 1. The number of carboxylic acid groups (broad SMARTS) is 1. The van der Waals surface area contributed by atoms with Crippen molar-refractivity contribution in [2.24, 2.45) is 5.92 Å². The first-order chi connectivity index (χ1) is 7.66. The molecule has 0 atom stereocenters. The number of aliphatic carboxylic acids is 1. The second kappa shape index (κ2) is 5.82. The molecule has 94 valence electrons. The summed E-state index contributed by atoms with van der Waals surface area (Å²) in [7, 11) is 0. The summed E-state index contributed by atoms with van der Waals surface area (Å²) in [6, 6.07) is 3.86. The maximum atomic E-state index is 10.8. The summed E-state index contributed by atoms with van der Waals surface area (Å²) < 4.78 is 0. The topological polar surface area (TPSA) is 66.3 Å². The number of hydrogen-bond donors (Lipinski definition) is 1. The molecule has 1 aromatic rings. The number of nitrogens with zero attached hydrogens (tertiary/aromatic N) is 3. The summed E-state index contributed by atoms with van der Waals surface area (Å²) in [5, 5.41) is 17.0. The van der Waals surface area contributed by atoms with Gasteiger partial charge in [0, 0.05) is 13.1 Å². The van der Waals surface area contributed by atoms with Gasteiger partial charge < -0.3 is 10.0 Å². The van der Waals surface area contributed by atoms with E-state index in [9.17, 15) is 4.79 Å². The van der Waals surface area contributed by atoms with Crippen molar-refractivity contribution in [3.05, 3.63) is 17.8 Å². The highest BCUT2D eigenvalue weighted by molar-refractivity contribution is 5.85. The second-order valence-electron chi connectivity index (χ2n) is 4.13. The molecule has 2 heterocycles. The van der Waals surface area contributed by atoms with Crippen molar-refractivity contribution < 1.29 is 9.90 Å². The molecule has 1 aliphatic heterocycles. The molecule has 1 aromatic heterocycles. The first kappa shape index (κ1) is 13.7. The average Bonchev–Trinajstić information content (AvgIpc) is 2.30. The number of rotatable bonds is 2. The molecule has 17 heavy (non-hydrogen) atoms. The molecular weight excluding hydrogens is 242 g/mol. The van der Waals surface area contributed by atoms with E-state index in [4.69, 9.17) is 5.11 Å².